The second-order valence-electron chi connectivity index (χ2n) is 6.23. The van der Waals surface area contributed by atoms with Gasteiger partial charge in [-0.3, -0.25) is 9.69 Å². The van der Waals surface area contributed by atoms with Gasteiger partial charge in [-0.2, -0.15) is 0 Å². The summed E-state index contributed by atoms with van der Waals surface area (Å²) >= 11 is 6.16. The number of amides is 3. The Kier molecular flexibility index (Phi) is 4.12. The first-order valence-electron chi connectivity index (χ1n) is 8.14. The molecule has 0 spiro atoms. The van der Waals surface area contributed by atoms with Crippen molar-refractivity contribution in [1.82, 2.24) is 15.2 Å². The van der Waals surface area contributed by atoms with Gasteiger partial charge in [0.25, 0.3) is 5.91 Å². The molecule has 0 unspecified atom stereocenters. The molecule has 4 rings (SSSR count). The van der Waals surface area contributed by atoms with Gasteiger partial charge >= 0.3 is 6.03 Å². The molecule has 1 saturated heterocycles. The van der Waals surface area contributed by atoms with E-state index in [-0.39, 0.29) is 18.3 Å². The van der Waals surface area contributed by atoms with Crippen molar-refractivity contribution in [3.63, 3.8) is 0 Å². The Morgan fingerprint density at radius 1 is 1.12 bits per heavy atom. The molecule has 3 amide bonds. The summed E-state index contributed by atoms with van der Waals surface area (Å²) < 4.78 is 13.0. The fourth-order valence-corrected chi connectivity index (χ4v) is 3.43. The number of aromatic amines is 1. The van der Waals surface area contributed by atoms with E-state index < -0.39 is 12.1 Å². The molecule has 2 heterocycles. The van der Waals surface area contributed by atoms with E-state index in [1.807, 2.05) is 12.1 Å². The lowest BCUT2D eigenvalue weighted by Crippen LogP contribution is -2.32. The molecule has 0 bridgehead atoms. The van der Waals surface area contributed by atoms with E-state index in [4.69, 9.17) is 11.6 Å². The van der Waals surface area contributed by atoms with Crippen LogP contribution in [0.2, 0.25) is 5.02 Å². The van der Waals surface area contributed by atoms with Crippen molar-refractivity contribution in [2.45, 2.75) is 19.0 Å². The van der Waals surface area contributed by atoms with Crippen LogP contribution in [0.15, 0.2) is 48.7 Å². The highest BCUT2D eigenvalue weighted by atomic mass is 35.5. The number of carbonyl (C=O) groups is 2. The fourth-order valence-electron chi connectivity index (χ4n) is 3.20. The monoisotopic (exact) mass is 371 g/mol. The summed E-state index contributed by atoms with van der Waals surface area (Å²) in [7, 11) is 0. The first-order chi connectivity index (χ1) is 12.5. The molecule has 0 saturated carbocycles. The topological polar surface area (TPSA) is 65.2 Å². The minimum atomic E-state index is -0.638. The number of fused-ring (bicyclic) bond motifs is 1. The Labute approximate surface area is 153 Å². The molecule has 1 aliphatic rings. The summed E-state index contributed by atoms with van der Waals surface area (Å²) in [5, 5.41) is 4.25. The van der Waals surface area contributed by atoms with E-state index in [1.165, 1.54) is 12.1 Å². The van der Waals surface area contributed by atoms with Crippen molar-refractivity contribution >= 4 is 34.4 Å². The number of halogens is 2. The van der Waals surface area contributed by atoms with Gasteiger partial charge in [0.15, 0.2) is 0 Å². The van der Waals surface area contributed by atoms with E-state index >= 15 is 0 Å². The van der Waals surface area contributed by atoms with Crippen LogP contribution in [0.5, 0.6) is 0 Å². The molecule has 2 N–H and O–H groups in total. The molecule has 3 aromatic rings. The summed E-state index contributed by atoms with van der Waals surface area (Å²) in [6.45, 7) is 0.112. The number of imide groups is 1. The number of nitrogens with zero attached hydrogens (tertiary/aromatic N) is 1. The maximum atomic E-state index is 13.0. The SMILES string of the molecule is O=C1N[C@H](Cc2c[nH]c3c(Cl)cccc23)C(=O)N1Cc1ccc(F)cc1. The Morgan fingerprint density at radius 2 is 1.88 bits per heavy atom. The first kappa shape index (κ1) is 16.6. The zero-order valence-corrected chi connectivity index (χ0v) is 14.4. The Balaban J connectivity index is 1.53. The second-order valence-corrected chi connectivity index (χ2v) is 6.64. The maximum absolute atomic E-state index is 13.0. The maximum Gasteiger partial charge on any atom is 0.325 e. The first-order valence-corrected chi connectivity index (χ1v) is 8.51. The number of urea groups is 1. The van der Waals surface area contributed by atoms with Crippen molar-refractivity contribution < 1.29 is 14.0 Å². The quantitative estimate of drug-likeness (QED) is 0.688. The molecule has 1 atom stereocenters. The lowest BCUT2D eigenvalue weighted by molar-refractivity contribution is -0.127. The number of nitrogens with one attached hydrogen (secondary N) is 2. The smallest absolute Gasteiger partial charge is 0.325 e. The number of aromatic nitrogens is 1. The largest absolute Gasteiger partial charge is 0.360 e. The Bertz CT molecular complexity index is 1000. The highest BCUT2D eigenvalue weighted by Gasteiger charge is 2.38. The van der Waals surface area contributed by atoms with Crippen LogP contribution in [-0.2, 0) is 17.8 Å². The van der Waals surface area contributed by atoms with E-state index in [1.54, 1.807) is 24.4 Å². The third-order valence-corrected chi connectivity index (χ3v) is 4.85. The van der Waals surface area contributed by atoms with Gasteiger partial charge in [0.05, 0.1) is 17.1 Å². The summed E-state index contributed by atoms with van der Waals surface area (Å²) in [5.74, 6) is -0.655. The van der Waals surface area contributed by atoms with E-state index in [0.717, 1.165) is 21.4 Å². The summed E-state index contributed by atoms with van der Waals surface area (Å²) in [4.78, 5) is 29.1. The van der Waals surface area contributed by atoms with Gasteiger partial charge < -0.3 is 10.3 Å². The number of rotatable bonds is 4. The minimum absolute atomic E-state index is 0.112. The summed E-state index contributed by atoms with van der Waals surface area (Å²) in [5.41, 5.74) is 2.41. The molecule has 2 aromatic carbocycles. The van der Waals surface area contributed by atoms with Crippen molar-refractivity contribution in [1.29, 1.82) is 0 Å². The number of H-pyrrole nitrogens is 1. The van der Waals surface area contributed by atoms with Crippen LogP contribution < -0.4 is 5.32 Å². The molecule has 132 valence electrons. The normalized spacial score (nSPS) is 17.2. The molecule has 1 aliphatic heterocycles. The average molecular weight is 372 g/mol. The molecule has 5 nitrogen and oxygen atoms in total. The number of hydrogen-bond donors (Lipinski definition) is 2. The molecule has 1 fully saturated rings. The minimum Gasteiger partial charge on any atom is -0.360 e. The highest BCUT2D eigenvalue weighted by Crippen LogP contribution is 2.27. The summed E-state index contributed by atoms with van der Waals surface area (Å²) in [6, 6.07) is 10.2. The van der Waals surface area contributed by atoms with Crippen LogP contribution in [0.3, 0.4) is 0 Å². The number of para-hydroxylation sites is 1. The number of benzene rings is 2. The molecule has 26 heavy (non-hydrogen) atoms. The predicted molar refractivity (Wildman–Crippen MR) is 96.3 cm³/mol. The average Bonchev–Trinajstić information content (AvgIpc) is 3.15. The predicted octanol–water partition coefficient (Wildman–Crippen LogP) is 3.62. The lowest BCUT2D eigenvalue weighted by Gasteiger charge is -2.13. The third-order valence-electron chi connectivity index (χ3n) is 4.54. The van der Waals surface area contributed by atoms with Crippen LogP contribution in [0.4, 0.5) is 9.18 Å². The van der Waals surface area contributed by atoms with Crippen LogP contribution in [0.1, 0.15) is 11.1 Å². The van der Waals surface area contributed by atoms with Crippen LogP contribution in [-0.4, -0.2) is 27.9 Å². The number of carbonyl (C=O) groups excluding carboxylic acids is 2. The van der Waals surface area contributed by atoms with Gasteiger partial charge in [0.1, 0.15) is 11.9 Å². The van der Waals surface area contributed by atoms with E-state index in [9.17, 15) is 14.0 Å². The molecule has 0 radical (unpaired) electrons. The zero-order valence-electron chi connectivity index (χ0n) is 13.6. The van der Waals surface area contributed by atoms with Crippen LogP contribution in [0.25, 0.3) is 10.9 Å². The molecule has 1 aromatic heterocycles. The fraction of sp³-hybridized carbons (Fsp3) is 0.158. The molecular formula is C19H15ClFN3O2. The zero-order chi connectivity index (χ0) is 18.3. The van der Waals surface area contributed by atoms with Crippen LogP contribution >= 0.6 is 11.6 Å². The molecular weight excluding hydrogens is 357 g/mol. The number of hydrogen-bond acceptors (Lipinski definition) is 2. The molecule has 7 heteroatoms. The van der Waals surface area contributed by atoms with Gasteiger partial charge in [-0.15, -0.1) is 0 Å². The van der Waals surface area contributed by atoms with Crippen molar-refractivity contribution in [2.75, 3.05) is 0 Å². The second kappa shape index (κ2) is 6.46. The standard InChI is InChI=1S/C19H15ClFN3O2/c20-15-3-1-2-14-12(9-22-17(14)15)8-16-18(25)24(19(26)23-16)10-11-4-6-13(21)7-5-11/h1-7,9,16,22H,8,10H2,(H,23,26)/t16-/m1/s1. The van der Waals surface area contributed by atoms with Gasteiger partial charge in [-0.1, -0.05) is 35.9 Å². The third kappa shape index (κ3) is 2.93. The van der Waals surface area contributed by atoms with E-state index in [0.29, 0.717) is 17.0 Å². The molecule has 0 aliphatic carbocycles. The Hall–Kier alpha value is -2.86. The van der Waals surface area contributed by atoms with Crippen LogP contribution in [0, 0.1) is 5.82 Å². The lowest BCUT2D eigenvalue weighted by atomic mass is 10.0. The van der Waals surface area contributed by atoms with Crippen molar-refractivity contribution in [3.8, 4) is 0 Å². The van der Waals surface area contributed by atoms with Gasteiger partial charge in [-0.05, 0) is 29.3 Å². The Morgan fingerprint density at radius 3 is 2.65 bits per heavy atom. The van der Waals surface area contributed by atoms with Crippen molar-refractivity contribution in [2.24, 2.45) is 0 Å². The van der Waals surface area contributed by atoms with E-state index in [2.05, 4.69) is 10.3 Å². The highest BCUT2D eigenvalue weighted by molar-refractivity contribution is 6.35. The van der Waals surface area contributed by atoms with Crippen molar-refractivity contribution in [3.05, 3.63) is 70.6 Å². The summed E-state index contributed by atoms with van der Waals surface area (Å²) in [6.07, 6.45) is 2.17. The van der Waals surface area contributed by atoms with Gasteiger partial charge in [0, 0.05) is 18.0 Å². The van der Waals surface area contributed by atoms with Gasteiger partial charge in [-0.25, -0.2) is 9.18 Å². The van der Waals surface area contributed by atoms with Gasteiger partial charge in [0.2, 0.25) is 0 Å².